The molecular formula is C10H16N4. The molecule has 1 aromatic heterocycles. The zero-order valence-electron chi connectivity index (χ0n) is 8.91. The van der Waals surface area contributed by atoms with Crippen LogP contribution < -0.4 is 10.2 Å². The predicted octanol–water partition coefficient (Wildman–Crippen LogP) is 0.209. The fraction of sp³-hybridized carbons (Fsp3) is 0.500. The Morgan fingerprint density at radius 3 is 2.86 bits per heavy atom. The number of hydrogen-bond donors (Lipinski definition) is 1. The highest BCUT2D eigenvalue weighted by Gasteiger charge is 2.06. The van der Waals surface area contributed by atoms with Crippen LogP contribution in [0.3, 0.4) is 0 Å². The molecule has 0 bridgehead atoms. The van der Waals surface area contributed by atoms with Gasteiger partial charge in [-0.2, -0.15) is 0 Å². The lowest BCUT2D eigenvalue weighted by Crippen LogP contribution is -2.18. The normalized spacial score (nSPS) is 9.86. The third-order valence-electron chi connectivity index (χ3n) is 1.99. The molecule has 1 N–H and O–H groups in total. The molecule has 0 aliphatic carbocycles. The zero-order chi connectivity index (χ0) is 10.6. The van der Waals surface area contributed by atoms with Crippen molar-refractivity contribution in [1.82, 2.24) is 14.9 Å². The van der Waals surface area contributed by atoms with Gasteiger partial charge >= 0.3 is 0 Å². The van der Waals surface area contributed by atoms with Crippen molar-refractivity contribution in [2.24, 2.45) is 7.05 Å². The number of aromatic nitrogens is 2. The van der Waals surface area contributed by atoms with E-state index in [0.717, 1.165) is 18.2 Å². The molecular weight excluding hydrogens is 176 g/mol. The van der Waals surface area contributed by atoms with E-state index in [-0.39, 0.29) is 0 Å². The number of hydrogen-bond acceptors (Lipinski definition) is 3. The van der Waals surface area contributed by atoms with Crippen LogP contribution in [0.2, 0.25) is 0 Å². The largest absolute Gasteiger partial charge is 0.348 e. The summed E-state index contributed by atoms with van der Waals surface area (Å²) in [6.45, 7) is 1.34. The number of rotatable bonds is 4. The fourth-order valence-corrected chi connectivity index (χ4v) is 1.28. The van der Waals surface area contributed by atoms with Gasteiger partial charge in [-0.05, 0) is 0 Å². The second-order valence-corrected chi connectivity index (χ2v) is 3.31. The van der Waals surface area contributed by atoms with Crippen molar-refractivity contribution >= 4 is 5.95 Å². The summed E-state index contributed by atoms with van der Waals surface area (Å²) in [4.78, 5) is 6.27. The Morgan fingerprint density at radius 1 is 1.64 bits per heavy atom. The molecule has 0 spiro atoms. The molecule has 1 aromatic rings. The molecule has 4 heteroatoms. The van der Waals surface area contributed by atoms with Crippen LogP contribution in [-0.2, 0) is 13.6 Å². The first-order chi connectivity index (χ1) is 6.66. The van der Waals surface area contributed by atoms with Gasteiger partial charge in [-0.3, -0.25) is 0 Å². The summed E-state index contributed by atoms with van der Waals surface area (Å²) in [7, 11) is 5.94. The quantitative estimate of drug-likeness (QED) is 0.547. The second kappa shape index (κ2) is 4.68. The Kier molecular flexibility index (Phi) is 3.55. The SMILES string of the molecule is C#CCNCc1cnc(N(C)C)n1C. The second-order valence-electron chi connectivity index (χ2n) is 3.31. The lowest BCUT2D eigenvalue weighted by molar-refractivity contribution is 0.704. The maximum atomic E-state index is 5.14. The van der Waals surface area contributed by atoms with E-state index in [1.165, 1.54) is 0 Å². The summed E-state index contributed by atoms with van der Waals surface area (Å²) in [6, 6.07) is 0. The fourth-order valence-electron chi connectivity index (χ4n) is 1.28. The molecule has 0 fully saturated rings. The Morgan fingerprint density at radius 2 is 2.36 bits per heavy atom. The van der Waals surface area contributed by atoms with Gasteiger partial charge in [-0.15, -0.1) is 6.42 Å². The van der Waals surface area contributed by atoms with E-state index >= 15 is 0 Å². The van der Waals surface area contributed by atoms with Gasteiger partial charge in [0, 0.05) is 27.7 Å². The average molecular weight is 192 g/mol. The van der Waals surface area contributed by atoms with Crippen molar-refractivity contribution in [2.75, 3.05) is 25.5 Å². The van der Waals surface area contributed by atoms with E-state index in [9.17, 15) is 0 Å². The first kappa shape index (κ1) is 10.6. The molecule has 0 aromatic carbocycles. The maximum absolute atomic E-state index is 5.14. The number of terminal acetylenes is 1. The van der Waals surface area contributed by atoms with Gasteiger partial charge in [0.15, 0.2) is 0 Å². The maximum Gasteiger partial charge on any atom is 0.204 e. The minimum Gasteiger partial charge on any atom is -0.348 e. The van der Waals surface area contributed by atoms with Crippen molar-refractivity contribution in [1.29, 1.82) is 0 Å². The highest BCUT2D eigenvalue weighted by molar-refractivity contribution is 5.30. The van der Waals surface area contributed by atoms with Crippen LogP contribution in [0.1, 0.15) is 5.69 Å². The van der Waals surface area contributed by atoms with Gasteiger partial charge in [0.2, 0.25) is 5.95 Å². The molecule has 4 nitrogen and oxygen atoms in total. The highest BCUT2D eigenvalue weighted by Crippen LogP contribution is 2.10. The lowest BCUT2D eigenvalue weighted by atomic mass is 10.4. The predicted molar refractivity (Wildman–Crippen MR) is 58.1 cm³/mol. The first-order valence-corrected chi connectivity index (χ1v) is 4.49. The Bertz CT molecular complexity index is 332. The molecule has 0 aliphatic heterocycles. The summed E-state index contributed by atoms with van der Waals surface area (Å²) in [5.41, 5.74) is 1.13. The van der Waals surface area contributed by atoms with Crippen molar-refractivity contribution in [3.8, 4) is 12.3 Å². The van der Waals surface area contributed by atoms with Crippen LogP contribution >= 0.6 is 0 Å². The smallest absolute Gasteiger partial charge is 0.204 e. The third-order valence-corrected chi connectivity index (χ3v) is 1.99. The summed E-state index contributed by atoms with van der Waals surface area (Å²) in [6.07, 6.45) is 7.00. The van der Waals surface area contributed by atoms with Gasteiger partial charge in [0.05, 0.1) is 18.4 Å². The molecule has 76 valence electrons. The average Bonchev–Trinajstić information content (AvgIpc) is 2.48. The van der Waals surface area contributed by atoms with E-state index < -0.39 is 0 Å². The van der Waals surface area contributed by atoms with Crippen molar-refractivity contribution < 1.29 is 0 Å². The molecule has 14 heavy (non-hydrogen) atoms. The molecule has 0 saturated carbocycles. The molecule has 0 radical (unpaired) electrons. The molecule has 0 atom stereocenters. The molecule has 0 amide bonds. The Balaban J connectivity index is 2.66. The minimum atomic E-state index is 0.586. The van der Waals surface area contributed by atoms with Crippen LogP contribution in [0, 0.1) is 12.3 Å². The van der Waals surface area contributed by atoms with Crippen molar-refractivity contribution in [2.45, 2.75) is 6.54 Å². The van der Waals surface area contributed by atoms with Gasteiger partial charge < -0.3 is 14.8 Å². The summed E-state index contributed by atoms with van der Waals surface area (Å²) < 4.78 is 2.05. The third kappa shape index (κ3) is 2.27. The Labute approximate surface area is 84.9 Å². The monoisotopic (exact) mass is 192 g/mol. The van der Waals surface area contributed by atoms with Crippen molar-refractivity contribution in [3.05, 3.63) is 11.9 Å². The summed E-state index contributed by atoms with van der Waals surface area (Å²) >= 11 is 0. The van der Waals surface area contributed by atoms with Crippen molar-refractivity contribution in [3.63, 3.8) is 0 Å². The van der Waals surface area contributed by atoms with E-state index in [2.05, 4.69) is 16.2 Å². The molecule has 1 heterocycles. The number of nitrogens with one attached hydrogen (secondary N) is 1. The summed E-state index contributed by atoms with van der Waals surface area (Å²) in [5.74, 6) is 3.48. The van der Waals surface area contributed by atoms with E-state index in [4.69, 9.17) is 6.42 Å². The number of nitrogens with zero attached hydrogens (tertiary/aromatic N) is 3. The Hall–Kier alpha value is -1.47. The summed E-state index contributed by atoms with van der Waals surface area (Å²) in [5, 5.41) is 3.13. The topological polar surface area (TPSA) is 33.1 Å². The first-order valence-electron chi connectivity index (χ1n) is 4.49. The van der Waals surface area contributed by atoms with Crippen LogP contribution in [0.15, 0.2) is 6.20 Å². The van der Waals surface area contributed by atoms with E-state index in [1.54, 1.807) is 0 Å². The van der Waals surface area contributed by atoms with E-state index in [1.807, 2.05) is 36.8 Å². The molecule has 0 unspecified atom stereocenters. The van der Waals surface area contributed by atoms with Gasteiger partial charge in [0.1, 0.15) is 0 Å². The number of anilines is 1. The van der Waals surface area contributed by atoms with Crippen LogP contribution in [0.25, 0.3) is 0 Å². The van der Waals surface area contributed by atoms with E-state index in [0.29, 0.717) is 6.54 Å². The van der Waals surface area contributed by atoms with Gasteiger partial charge in [-0.25, -0.2) is 4.98 Å². The minimum absolute atomic E-state index is 0.586. The lowest BCUT2D eigenvalue weighted by Gasteiger charge is -2.12. The number of imidazole rings is 1. The van der Waals surface area contributed by atoms with Crippen LogP contribution in [-0.4, -0.2) is 30.2 Å². The zero-order valence-corrected chi connectivity index (χ0v) is 8.91. The van der Waals surface area contributed by atoms with Crippen LogP contribution in [0.5, 0.6) is 0 Å². The molecule has 0 saturated heterocycles. The highest BCUT2D eigenvalue weighted by atomic mass is 15.3. The molecule has 1 rings (SSSR count). The molecule has 0 aliphatic rings. The van der Waals surface area contributed by atoms with Crippen LogP contribution in [0.4, 0.5) is 5.95 Å². The van der Waals surface area contributed by atoms with Gasteiger partial charge in [-0.1, -0.05) is 5.92 Å². The standard InChI is InChI=1S/C10H16N4/c1-5-6-11-7-9-8-12-10(13(2)3)14(9)4/h1,8,11H,6-7H2,2-4H3. The van der Waals surface area contributed by atoms with Gasteiger partial charge in [0.25, 0.3) is 0 Å².